The molecule has 0 fully saturated rings. The Hall–Kier alpha value is -1.51. The highest BCUT2D eigenvalue weighted by Gasteiger charge is 2.24. The normalized spacial score (nSPS) is 13.0. The van der Waals surface area contributed by atoms with Crippen LogP contribution in [-0.4, -0.2) is 69.3 Å². The van der Waals surface area contributed by atoms with Crippen molar-refractivity contribution < 1.29 is 28.6 Å². The van der Waals surface area contributed by atoms with E-state index >= 15 is 0 Å². The summed E-state index contributed by atoms with van der Waals surface area (Å²) >= 11 is 0. The highest BCUT2D eigenvalue weighted by atomic mass is 16.5. The van der Waals surface area contributed by atoms with Crippen LogP contribution in [0.1, 0.15) is 59.8 Å². The van der Waals surface area contributed by atoms with Crippen molar-refractivity contribution in [1.29, 1.82) is 0 Å². The fourth-order valence-electron chi connectivity index (χ4n) is 2.40. The number of methoxy groups -OCH3 is 1. The van der Waals surface area contributed by atoms with Gasteiger partial charge in [-0.05, 0) is 59.8 Å². The molecule has 0 spiro atoms. The predicted molar refractivity (Wildman–Crippen MR) is 107 cm³/mol. The molecule has 0 aromatic rings. The van der Waals surface area contributed by atoms with Crippen LogP contribution in [0.15, 0.2) is 0 Å². The molecule has 8 heteroatoms. The zero-order chi connectivity index (χ0) is 21.5. The van der Waals surface area contributed by atoms with Gasteiger partial charge in [0.1, 0.15) is 12.9 Å². The number of amides is 2. The molecule has 164 valence electrons. The summed E-state index contributed by atoms with van der Waals surface area (Å²) in [5, 5.41) is 5.23. The third-order valence-corrected chi connectivity index (χ3v) is 4.38. The standard InChI is InChI=1S/C20H38N2O6/c1-19(2,9-12-26-5)27-13-10-20(3,4)28-15-18(25)22-17(14-23)8-6-7-11-21-16-24/h14,16-17H,6-13,15H2,1-5H3,(H,21,24)(H,22,25). The minimum Gasteiger partial charge on any atom is -0.385 e. The Balaban J connectivity index is 4.11. The van der Waals surface area contributed by atoms with Gasteiger partial charge in [-0.2, -0.15) is 0 Å². The third kappa shape index (κ3) is 14.5. The first-order chi connectivity index (χ1) is 13.2. The summed E-state index contributed by atoms with van der Waals surface area (Å²) in [4.78, 5) is 33.3. The minimum atomic E-state index is -0.541. The second-order valence-electron chi connectivity index (χ2n) is 8.03. The SMILES string of the molecule is COCCC(C)(C)OCCC(C)(C)OCC(=O)NC(C=O)CCCCNC=O. The van der Waals surface area contributed by atoms with Gasteiger partial charge in [-0.25, -0.2) is 0 Å². The van der Waals surface area contributed by atoms with E-state index in [1.807, 2.05) is 27.7 Å². The van der Waals surface area contributed by atoms with Gasteiger partial charge in [0.15, 0.2) is 0 Å². The van der Waals surface area contributed by atoms with Crippen LogP contribution in [0.25, 0.3) is 0 Å². The molecule has 28 heavy (non-hydrogen) atoms. The number of unbranched alkanes of at least 4 members (excludes halogenated alkanes) is 1. The average molecular weight is 403 g/mol. The first-order valence-corrected chi connectivity index (χ1v) is 9.84. The van der Waals surface area contributed by atoms with Crippen molar-refractivity contribution in [3.63, 3.8) is 0 Å². The third-order valence-electron chi connectivity index (χ3n) is 4.38. The highest BCUT2D eigenvalue weighted by Crippen LogP contribution is 2.19. The number of rotatable bonds is 18. The van der Waals surface area contributed by atoms with E-state index in [0.29, 0.717) is 39.0 Å². The van der Waals surface area contributed by atoms with E-state index in [1.54, 1.807) is 7.11 Å². The van der Waals surface area contributed by atoms with Gasteiger partial charge in [-0.3, -0.25) is 9.59 Å². The molecule has 0 radical (unpaired) electrons. The number of carbonyl (C=O) groups excluding carboxylic acids is 3. The van der Waals surface area contributed by atoms with E-state index in [-0.39, 0.29) is 18.1 Å². The molecule has 0 saturated heterocycles. The molecule has 2 N–H and O–H groups in total. The van der Waals surface area contributed by atoms with Gasteiger partial charge in [0, 0.05) is 20.3 Å². The van der Waals surface area contributed by atoms with Crippen LogP contribution in [0.3, 0.4) is 0 Å². The molecule has 0 saturated carbocycles. The molecule has 0 rings (SSSR count). The molecule has 1 unspecified atom stereocenters. The van der Waals surface area contributed by atoms with E-state index in [9.17, 15) is 14.4 Å². The molecule has 0 bridgehead atoms. The van der Waals surface area contributed by atoms with Gasteiger partial charge >= 0.3 is 0 Å². The summed E-state index contributed by atoms with van der Waals surface area (Å²) in [7, 11) is 1.66. The minimum absolute atomic E-state index is 0.114. The van der Waals surface area contributed by atoms with Gasteiger partial charge in [0.05, 0.1) is 23.9 Å². The number of hydrogen-bond acceptors (Lipinski definition) is 6. The Kier molecular flexibility index (Phi) is 13.7. The molecule has 0 aliphatic heterocycles. The van der Waals surface area contributed by atoms with E-state index in [2.05, 4.69) is 10.6 Å². The van der Waals surface area contributed by atoms with Gasteiger partial charge < -0.3 is 29.6 Å². The fraction of sp³-hybridized carbons (Fsp3) is 0.850. The maximum absolute atomic E-state index is 12.0. The van der Waals surface area contributed by atoms with E-state index < -0.39 is 11.6 Å². The average Bonchev–Trinajstić information content (AvgIpc) is 2.63. The van der Waals surface area contributed by atoms with Crippen molar-refractivity contribution in [2.75, 3.05) is 33.5 Å². The Morgan fingerprint density at radius 3 is 2.25 bits per heavy atom. The number of hydrogen-bond donors (Lipinski definition) is 2. The summed E-state index contributed by atoms with van der Waals surface area (Å²) in [6, 6.07) is -0.541. The molecule has 8 nitrogen and oxygen atoms in total. The Bertz CT molecular complexity index is 454. The second kappa shape index (κ2) is 14.5. The monoisotopic (exact) mass is 402 g/mol. The molecule has 0 aromatic heterocycles. The lowest BCUT2D eigenvalue weighted by Gasteiger charge is -2.29. The van der Waals surface area contributed by atoms with Crippen molar-refractivity contribution >= 4 is 18.6 Å². The lowest BCUT2D eigenvalue weighted by molar-refractivity contribution is -0.135. The maximum atomic E-state index is 12.0. The Morgan fingerprint density at radius 2 is 1.64 bits per heavy atom. The van der Waals surface area contributed by atoms with Gasteiger partial charge in [-0.1, -0.05) is 0 Å². The number of aldehydes is 1. The van der Waals surface area contributed by atoms with Crippen LogP contribution >= 0.6 is 0 Å². The molecule has 0 heterocycles. The number of carbonyl (C=O) groups is 3. The fourth-order valence-corrected chi connectivity index (χ4v) is 2.40. The lowest BCUT2D eigenvalue weighted by atomic mass is 10.0. The zero-order valence-corrected chi connectivity index (χ0v) is 18.0. The first-order valence-electron chi connectivity index (χ1n) is 9.84. The van der Waals surface area contributed by atoms with E-state index in [4.69, 9.17) is 14.2 Å². The molecule has 0 aliphatic carbocycles. The molecular weight excluding hydrogens is 364 g/mol. The quantitative estimate of drug-likeness (QED) is 0.267. The van der Waals surface area contributed by atoms with Crippen molar-refractivity contribution in [3.8, 4) is 0 Å². The Labute approximate surface area is 169 Å². The lowest BCUT2D eigenvalue weighted by Crippen LogP contribution is -2.40. The van der Waals surface area contributed by atoms with E-state index in [0.717, 1.165) is 25.5 Å². The maximum Gasteiger partial charge on any atom is 0.246 e. The van der Waals surface area contributed by atoms with Crippen LogP contribution in [0.2, 0.25) is 0 Å². The number of nitrogens with one attached hydrogen (secondary N) is 2. The van der Waals surface area contributed by atoms with Crippen LogP contribution < -0.4 is 10.6 Å². The molecule has 1 atom stereocenters. The van der Waals surface area contributed by atoms with Crippen molar-refractivity contribution in [3.05, 3.63) is 0 Å². The highest BCUT2D eigenvalue weighted by molar-refractivity contribution is 5.80. The van der Waals surface area contributed by atoms with Crippen LogP contribution in [-0.2, 0) is 28.6 Å². The molecule has 0 aliphatic rings. The van der Waals surface area contributed by atoms with E-state index in [1.165, 1.54) is 0 Å². The van der Waals surface area contributed by atoms with Crippen molar-refractivity contribution in [2.24, 2.45) is 0 Å². The predicted octanol–water partition coefficient (Wildman–Crippen LogP) is 1.60. The summed E-state index contributed by atoms with van der Waals surface area (Å²) < 4.78 is 16.7. The molecule has 0 aromatic carbocycles. The smallest absolute Gasteiger partial charge is 0.246 e. The first kappa shape index (κ1) is 26.5. The number of ether oxygens (including phenoxy) is 3. The van der Waals surface area contributed by atoms with Gasteiger partial charge in [0.25, 0.3) is 0 Å². The van der Waals surface area contributed by atoms with Crippen LogP contribution in [0.5, 0.6) is 0 Å². The summed E-state index contributed by atoms with van der Waals surface area (Å²) in [6.45, 7) is 9.44. The zero-order valence-electron chi connectivity index (χ0n) is 18.0. The topological polar surface area (TPSA) is 103 Å². The largest absolute Gasteiger partial charge is 0.385 e. The summed E-state index contributed by atoms with van der Waals surface area (Å²) in [5.74, 6) is -0.322. The second-order valence-corrected chi connectivity index (χ2v) is 8.03. The van der Waals surface area contributed by atoms with Gasteiger partial charge in [-0.15, -0.1) is 0 Å². The summed E-state index contributed by atoms with van der Waals surface area (Å²) in [6.07, 6.45) is 4.82. The van der Waals surface area contributed by atoms with Crippen LogP contribution in [0, 0.1) is 0 Å². The molecular formula is C20H38N2O6. The van der Waals surface area contributed by atoms with Crippen molar-refractivity contribution in [1.82, 2.24) is 10.6 Å². The Morgan fingerprint density at radius 1 is 1.00 bits per heavy atom. The van der Waals surface area contributed by atoms with Crippen molar-refractivity contribution in [2.45, 2.75) is 77.0 Å². The summed E-state index contributed by atoms with van der Waals surface area (Å²) in [5.41, 5.74) is -0.798. The molecule has 2 amide bonds. The van der Waals surface area contributed by atoms with Gasteiger partial charge in [0.2, 0.25) is 12.3 Å². The van der Waals surface area contributed by atoms with Crippen LogP contribution in [0.4, 0.5) is 0 Å².